The summed E-state index contributed by atoms with van der Waals surface area (Å²) < 4.78 is 15.7. The highest BCUT2D eigenvalue weighted by Gasteiger charge is 2.07. The molecule has 0 atom stereocenters. The van der Waals surface area contributed by atoms with Gasteiger partial charge in [0.05, 0.1) is 13.7 Å². The molecule has 5 heteroatoms. The zero-order chi connectivity index (χ0) is 12.5. The lowest BCUT2D eigenvalue weighted by Crippen LogP contribution is -2.06. The summed E-state index contributed by atoms with van der Waals surface area (Å²) in [6.45, 7) is 1.85. The minimum Gasteiger partial charge on any atom is -0.488 e. The first kappa shape index (κ1) is 13.7. The molecule has 17 heavy (non-hydrogen) atoms. The van der Waals surface area contributed by atoms with E-state index in [0.29, 0.717) is 31.4 Å². The molecule has 0 aliphatic heterocycles. The number of pyridine rings is 1. The minimum absolute atomic E-state index is 0.503. The van der Waals surface area contributed by atoms with Crippen molar-refractivity contribution < 1.29 is 14.2 Å². The zero-order valence-electron chi connectivity index (χ0n) is 10.4. The van der Waals surface area contributed by atoms with Gasteiger partial charge in [0.2, 0.25) is 0 Å². The molecule has 1 heterocycles. The molecule has 0 saturated heterocycles. The van der Waals surface area contributed by atoms with Crippen LogP contribution in [0, 0.1) is 0 Å². The van der Waals surface area contributed by atoms with Crippen LogP contribution in [-0.2, 0) is 11.2 Å². The van der Waals surface area contributed by atoms with Crippen LogP contribution in [0.25, 0.3) is 0 Å². The fourth-order valence-electron chi connectivity index (χ4n) is 1.42. The second kappa shape index (κ2) is 7.86. The van der Waals surface area contributed by atoms with E-state index in [9.17, 15) is 0 Å². The van der Waals surface area contributed by atoms with Gasteiger partial charge in [-0.25, -0.2) is 4.98 Å². The van der Waals surface area contributed by atoms with Crippen molar-refractivity contribution in [1.82, 2.24) is 4.98 Å². The highest BCUT2D eigenvalue weighted by atomic mass is 16.5. The third kappa shape index (κ3) is 4.58. The van der Waals surface area contributed by atoms with Crippen LogP contribution >= 0.6 is 0 Å². The van der Waals surface area contributed by atoms with Gasteiger partial charge >= 0.3 is 0 Å². The molecular formula is C12H20N2O3. The third-order valence-electron chi connectivity index (χ3n) is 2.25. The van der Waals surface area contributed by atoms with Crippen LogP contribution in [0.3, 0.4) is 0 Å². The first-order valence-electron chi connectivity index (χ1n) is 5.66. The second-order valence-electron chi connectivity index (χ2n) is 3.58. The smallest absolute Gasteiger partial charge is 0.256 e. The quantitative estimate of drug-likeness (QED) is 0.687. The van der Waals surface area contributed by atoms with Crippen molar-refractivity contribution in [2.75, 3.05) is 34.0 Å². The summed E-state index contributed by atoms with van der Waals surface area (Å²) in [5, 5.41) is 0. The summed E-state index contributed by atoms with van der Waals surface area (Å²) in [6, 6.07) is 1.92. The van der Waals surface area contributed by atoms with Gasteiger partial charge in [-0.05, 0) is 24.6 Å². The Kier molecular flexibility index (Phi) is 6.35. The fraction of sp³-hybridized carbons (Fsp3) is 0.583. The van der Waals surface area contributed by atoms with Gasteiger partial charge in [0.1, 0.15) is 0 Å². The van der Waals surface area contributed by atoms with Crippen LogP contribution in [0.5, 0.6) is 11.6 Å². The second-order valence-corrected chi connectivity index (χ2v) is 3.58. The molecule has 5 nitrogen and oxygen atoms in total. The average Bonchev–Trinajstić information content (AvgIpc) is 2.35. The Balaban J connectivity index is 2.62. The summed E-state index contributed by atoms with van der Waals surface area (Å²) in [4.78, 5) is 4.18. The highest BCUT2D eigenvalue weighted by Crippen LogP contribution is 2.25. The Hall–Kier alpha value is -1.33. The number of hydrogen-bond acceptors (Lipinski definition) is 5. The molecule has 0 aliphatic rings. The number of aromatic nitrogens is 1. The maximum Gasteiger partial charge on any atom is 0.256 e. The van der Waals surface area contributed by atoms with Crippen molar-refractivity contribution in [1.29, 1.82) is 0 Å². The van der Waals surface area contributed by atoms with E-state index in [1.165, 1.54) is 0 Å². The predicted molar refractivity (Wildman–Crippen MR) is 65.5 cm³/mol. The van der Waals surface area contributed by atoms with Gasteiger partial charge in [-0.2, -0.15) is 0 Å². The molecule has 0 unspecified atom stereocenters. The van der Waals surface area contributed by atoms with Crippen LogP contribution in [0.2, 0.25) is 0 Å². The minimum atomic E-state index is 0.503. The standard InChI is InChI=1S/C12H20N2O3/c1-15-6-3-7-17-11-8-10(4-5-13)9-14-12(11)16-2/h8-9H,3-7,13H2,1-2H3. The Morgan fingerprint density at radius 2 is 2.12 bits per heavy atom. The molecule has 0 bridgehead atoms. The van der Waals surface area contributed by atoms with Gasteiger partial charge in [-0.3, -0.25) is 0 Å². The van der Waals surface area contributed by atoms with Crippen molar-refractivity contribution in [3.63, 3.8) is 0 Å². The van der Waals surface area contributed by atoms with E-state index in [0.717, 1.165) is 18.4 Å². The lowest BCUT2D eigenvalue weighted by molar-refractivity contribution is 0.170. The Bertz CT molecular complexity index is 332. The van der Waals surface area contributed by atoms with Crippen molar-refractivity contribution in [2.24, 2.45) is 5.73 Å². The number of ether oxygens (including phenoxy) is 3. The van der Waals surface area contributed by atoms with Crippen LogP contribution < -0.4 is 15.2 Å². The normalized spacial score (nSPS) is 10.3. The topological polar surface area (TPSA) is 66.6 Å². The first-order valence-corrected chi connectivity index (χ1v) is 5.66. The zero-order valence-corrected chi connectivity index (χ0v) is 10.4. The Labute approximate surface area is 102 Å². The molecule has 1 aromatic heterocycles. The average molecular weight is 240 g/mol. The number of methoxy groups -OCH3 is 2. The number of nitrogens with zero attached hydrogens (tertiary/aromatic N) is 1. The van der Waals surface area contributed by atoms with Crippen LogP contribution in [0.4, 0.5) is 0 Å². The van der Waals surface area contributed by atoms with E-state index in [1.54, 1.807) is 20.4 Å². The Morgan fingerprint density at radius 1 is 1.29 bits per heavy atom. The van der Waals surface area contributed by atoms with Crippen molar-refractivity contribution in [2.45, 2.75) is 12.8 Å². The summed E-state index contributed by atoms with van der Waals surface area (Å²) in [5.74, 6) is 1.16. The van der Waals surface area contributed by atoms with Crippen LogP contribution in [-0.4, -0.2) is 39.0 Å². The maximum absolute atomic E-state index is 5.61. The monoisotopic (exact) mass is 240 g/mol. The maximum atomic E-state index is 5.61. The summed E-state index contributed by atoms with van der Waals surface area (Å²) in [7, 11) is 3.25. The predicted octanol–water partition coefficient (Wildman–Crippen LogP) is 1.01. The number of hydrogen-bond donors (Lipinski definition) is 1. The summed E-state index contributed by atoms with van der Waals surface area (Å²) >= 11 is 0. The van der Waals surface area contributed by atoms with E-state index in [4.69, 9.17) is 19.9 Å². The molecule has 0 radical (unpaired) electrons. The van der Waals surface area contributed by atoms with Crippen molar-refractivity contribution in [3.05, 3.63) is 17.8 Å². The third-order valence-corrected chi connectivity index (χ3v) is 2.25. The van der Waals surface area contributed by atoms with E-state index >= 15 is 0 Å². The lowest BCUT2D eigenvalue weighted by atomic mass is 10.2. The highest BCUT2D eigenvalue weighted by molar-refractivity contribution is 5.36. The molecule has 1 aromatic rings. The molecular weight excluding hydrogens is 220 g/mol. The fourth-order valence-corrected chi connectivity index (χ4v) is 1.42. The molecule has 0 aromatic carbocycles. The van der Waals surface area contributed by atoms with Gasteiger partial charge < -0.3 is 19.9 Å². The molecule has 0 saturated carbocycles. The SMILES string of the molecule is COCCCOc1cc(CCN)cnc1OC. The summed E-state index contributed by atoms with van der Waals surface area (Å²) in [6.07, 6.45) is 3.37. The van der Waals surface area contributed by atoms with E-state index in [1.807, 2.05) is 6.07 Å². The molecule has 0 spiro atoms. The van der Waals surface area contributed by atoms with Gasteiger partial charge in [-0.1, -0.05) is 0 Å². The van der Waals surface area contributed by atoms with Gasteiger partial charge in [-0.15, -0.1) is 0 Å². The molecule has 0 fully saturated rings. The molecule has 0 amide bonds. The van der Waals surface area contributed by atoms with Gasteiger partial charge in [0.15, 0.2) is 5.75 Å². The Morgan fingerprint density at radius 3 is 2.76 bits per heavy atom. The van der Waals surface area contributed by atoms with Gasteiger partial charge in [0, 0.05) is 26.3 Å². The van der Waals surface area contributed by atoms with Crippen LogP contribution in [0.15, 0.2) is 12.3 Å². The van der Waals surface area contributed by atoms with E-state index in [-0.39, 0.29) is 0 Å². The first-order chi connectivity index (χ1) is 8.31. The van der Waals surface area contributed by atoms with E-state index in [2.05, 4.69) is 4.98 Å². The van der Waals surface area contributed by atoms with Crippen LogP contribution in [0.1, 0.15) is 12.0 Å². The van der Waals surface area contributed by atoms with E-state index < -0.39 is 0 Å². The number of nitrogens with two attached hydrogens (primary N) is 1. The lowest BCUT2D eigenvalue weighted by Gasteiger charge is -2.10. The number of rotatable bonds is 8. The molecule has 2 N–H and O–H groups in total. The van der Waals surface area contributed by atoms with Crippen molar-refractivity contribution in [3.8, 4) is 11.6 Å². The molecule has 0 aliphatic carbocycles. The molecule has 96 valence electrons. The summed E-state index contributed by atoms with van der Waals surface area (Å²) in [5.41, 5.74) is 6.56. The van der Waals surface area contributed by atoms with Crippen molar-refractivity contribution >= 4 is 0 Å². The molecule has 1 rings (SSSR count). The largest absolute Gasteiger partial charge is 0.488 e. The van der Waals surface area contributed by atoms with Gasteiger partial charge in [0.25, 0.3) is 5.88 Å².